The molecule has 6 rings (SSSR count). The fraction of sp³-hybridized carbons (Fsp3) is 0.286. The number of hydrogen-bond donors (Lipinski definition) is 0. The molecule has 2 heterocycles. The van der Waals surface area contributed by atoms with Crippen molar-refractivity contribution in [2.75, 3.05) is 0 Å². The van der Waals surface area contributed by atoms with Gasteiger partial charge < -0.3 is 0 Å². The Morgan fingerprint density at radius 1 is 0.968 bits per heavy atom. The topological polar surface area (TPSA) is 36.7 Å². The molecular weight excluding hydrogens is 396 g/mol. The predicted molar refractivity (Wildman–Crippen MR) is 128 cm³/mol. The SMILES string of the molecule is Cc1ccc(-c2c3c(nc4sc5c(c24)CCC5)CC[C@](C#N)(c2ccccc2)C3)cc1. The Morgan fingerprint density at radius 2 is 1.77 bits per heavy atom. The Morgan fingerprint density at radius 3 is 2.55 bits per heavy atom. The number of pyridine rings is 1. The van der Waals surface area contributed by atoms with E-state index < -0.39 is 5.41 Å². The van der Waals surface area contributed by atoms with Crippen LogP contribution in [0.1, 0.15) is 45.7 Å². The summed E-state index contributed by atoms with van der Waals surface area (Å²) in [5.74, 6) is 0. The lowest BCUT2D eigenvalue weighted by molar-refractivity contribution is 0.468. The number of aromatic nitrogens is 1. The molecule has 0 spiro atoms. The van der Waals surface area contributed by atoms with E-state index in [4.69, 9.17) is 4.98 Å². The van der Waals surface area contributed by atoms with Gasteiger partial charge in [0.25, 0.3) is 0 Å². The third-order valence-electron chi connectivity index (χ3n) is 7.19. The molecule has 0 unspecified atom stereocenters. The number of rotatable bonds is 2. The number of thiophene rings is 1. The lowest BCUT2D eigenvalue weighted by Gasteiger charge is -2.34. The van der Waals surface area contributed by atoms with Crippen LogP contribution in [0, 0.1) is 18.3 Å². The minimum Gasteiger partial charge on any atom is -0.242 e. The molecular formula is C28H24N2S. The van der Waals surface area contributed by atoms with Crippen LogP contribution in [0.4, 0.5) is 0 Å². The summed E-state index contributed by atoms with van der Waals surface area (Å²) >= 11 is 1.90. The van der Waals surface area contributed by atoms with Gasteiger partial charge in [-0.2, -0.15) is 5.26 Å². The van der Waals surface area contributed by atoms with E-state index >= 15 is 0 Å². The van der Waals surface area contributed by atoms with E-state index in [1.54, 1.807) is 0 Å². The minimum atomic E-state index is -0.484. The monoisotopic (exact) mass is 420 g/mol. The zero-order chi connectivity index (χ0) is 21.0. The lowest BCUT2D eigenvalue weighted by Crippen LogP contribution is -2.32. The maximum absolute atomic E-state index is 10.4. The molecule has 152 valence electrons. The number of benzene rings is 2. The van der Waals surface area contributed by atoms with E-state index in [9.17, 15) is 5.26 Å². The first kappa shape index (κ1) is 18.8. The van der Waals surface area contributed by atoms with Crippen molar-refractivity contribution in [1.29, 1.82) is 5.26 Å². The molecule has 4 aromatic rings. The van der Waals surface area contributed by atoms with Crippen molar-refractivity contribution in [1.82, 2.24) is 4.98 Å². The zero-order valence-electron chi connectivity index (χ0n) is 17.7. The van der Waals surface area contributed by atoms with E-state index in [1.807, 2.05) is 17.4 Å². The molecule has 3 heteroatoms. The highest BCUT2D eigenvalue weighted by atomic mass is 32.1. The minimum absolute atomic E-state index is 0.484. The molecule has 0 fully saturated rings. The molecule has 31 heavy (non-hydrogen) atoms. The number of nitriles is 1. The van der Waals surface area contributed by atoms with Gasteiger partial charge in [-0.05, 0) is 73.3 Å². The summed E-state index contributed by atoms with van der Waals surface area (Å²) in [6, 6.07) is 22.0. The maximum Gasteiger partial charge on any atom is 0.124 e. The van der Waals surface area contributed by atoms with Crippen LogP contribution in [0.25, 0.3) is 21.3 Å². The maximum atomic E-state index is 10.4. The van der Waals surface area contributed by atoms with Crippen LogP contribution >= 0.6 is 11.3 Å². The van der Waals surface area contributed by atoms with Crippen molar-refractivity contribution < 1.29 is 0 Å². The van der Waals surface area contributed by atoms with Crippen LogP contribution in [0.2, 0.25) is 0 Å². The summed E-state index contributed by atoms with van der Waals surface area (Å²) in [6.45, 7) is 2.14. The number of hydrogen-bond acceptors (Lipinski definition) is 3. The van der Waals surface area contributed by atoms with E-state index in [2.05, 4.69) is 61.5 Å². The van der Waals surface area contributed by atoms with Gasteiger partial charge in [-0.3, -0.25) is 0 Å². The smallest absolute Gasteiger partial charge is 0.124 e. The highest BCUT2D eigenvalue weighted by Gasteiger charge is 2.39. The Kier molecular flexibility index (Phi) is 4.26. The summed E-state index contributed by atoms with van der Waals surface area (Å²) in [7, 11) is 0. The molecule has 2 aromatic carbocycles. The summed E-state index contributed by atoms with van der Waals surface area (Å²) in [5.41, 5.74) is 8.53. The second-order valence-electron chi connectivity index (χ2n) is 9.05. The molecule has 1 atom stereocenters. The first-order valence-corrected chi connectivity index (χ1v) is 12.0. The normalized spacial score (nSPS) is 19.7. The first-order valence-electron chi connectivity index (χ1n) is 11.2. The van der Waals surface area contributed by atoms with Crippen LogP contribution in [-0.4, -0.2) is 4.98 Å². The van der Waals surface area contributed by atoms with Gasteiger partial charge in [-0.25, -0.2) is 4.98 Å². The van der Waals surface area contributed by atoms with Crippen LogP contribution in [0.5, 0.6) is 0 Å². The summed E-state index contributed by atoms with van der Waals surface area (Å²) in [5, 5.41) is 11.7. The molecule has 0 amide bonds. The molecule has 0 radical (unpaired) electrons. The van der Waals surface area contributed by atoms with E-state index in [-0.39, 0.29) is 0 Å². The summed E-state index contributed by atoms with van der Waals surface area (Å²) in [6.07, 6.45) is 6.00. The fourth-order valence-corrected chi connectivity index (χ4v) is 6.82. The van der Waals surface area contributed by atoms with Crippen LogP contribution in [-0.2, 0) is 31.1 Å². The molecule has 0 saturated heterocycles. The predicted octanol–water partition coefficient (Wildman–Crippen LogP) is 6.71. The average Bonchev–Trinajstić information content (AvgIpc) is 3.40. The van der Waals surface area contributed by atoms with Gasteiger partial charge in [0.1, 0.15) is 4.83 Å². The third kappa shape index (κ3) is 2.86. The van der Waals surface area contributed by atoms with Gasteiger partial charge in [0.15, 0.2) is 0 Å². The van der Waals surface area contributed by atoms with Crippen LogP contribution < -0.4 is 0 Å². The Hall–Kier alpha value is -2.96. The Labute approximate surface area is 187 Å². The van der Waals surface area contributed by atoms with Crippen molar-refractivity contribution in [3.05, 3.63) is 87.4 Å². The van der Waals surface area contributed by atoms with Gasteiger partial charge in [-0.15, -0.1) is 11.3 Å². The van der Waals surface area contributed by atoms with Crippen molar-refractivity contribution in [2.24, 2.45) is 0 Å². The third-order valence-corrected chi connectivity index (χ3v) is 8.37. The van der Waals surface area contributed by atoms with E-state index in [1.165, 1.54) is 61.4 Å². The molecule has 0 bridgehead atoms. The van der Waals surface area contributed by atoms with Crippen molar-refractivity contribution in [3.63, 3.8) is 0 Å². The number of aryl methyl sites for hydroxylation is 4. The largest absolute Gasteiger partial charge is 0.242 e. The number of nitrogens with zero attached hydrogens (tertiary/aromatic N) is 2. The molecule has 0 saturated carbocycles. The summed E-state index contributed by atoms with van der Waals surface area (Å²) < 4.78 is 0. The van der Waals surface area contributed by atoms with Crippen molar-refractivity contribution >= 4 is 21.6 Å². The van der Waals surface area contributed by atoms with E-state index in [0.29, 0.717) is 0 Å². The number of fused-ring (bicyclic) bond motifs is 4. The molecule has 0 aliphatic heterocycles. The molecule has 2 aromatic heterocycles. The average molecular weight is 421 g/mol. The van der Waals surface area contributed by atoms with Crippen molar-refractivity contribution in [3.8, 4) is 17.2 Å². The Balaban J connectivity index is 1.64. The van der Waals surface area contributed by atoms with Gasteiger partial charge in [0.05, 0.1) is 11.5 Å². The molecule has 2 nitrogen and oxygen atoms in total. The lowest BCUT2D eigenvalue weighted by atomic mass is 9.68. The Bertz CT molecular complexity index is 1340. The van der Waals surface area contributed by atoms with E-state index in [0.717, 1.165) is 31.2 Å². The summed E-state index contributed by atoms with van der Waals surface area (Å²) in [4.78, 5) is 7.90. The fourth-order valence-electron chi connectivity index (χ4n) is 5.53. The second-order valence-corrected chi connectivity index (χ2v) is 10.1. The van der Waals surface area contributed by atoms with Crippen LogP contribution in [0.15, 0.2) is 54.6 Å². The standard InChI is InChI=1S/C28H24N2S/c1-18-10-12-19(13-11-18)25-22-16-28(17-29,20-6-3-2-4-7-20)15-14-23(22)30-27-26(25)21-8-5-9-24(21)31-27/h2-4,6-7,10-13H,5,8-9,14-16H2,1H3/t28-/m0/s1. The molecule has 2 aliphatic rings. The van der Waals surface area contributed by atoms with Crippen molar-refractivity contribution in [2.45, 2.75) is 50.9 Å². The van der Waals surface area contributed by atoms with Crippen LogP contribution in [0.3, 0.4) is 0 Å². The van der Waals surface area contributed by atoms with Gasteiger partial charge in [-0.1, -0.05) is 60.2 Å². The second kappa shape index (κ2) is 7.04. The van der Waals surface area contributed by atoms with Gasteiger partial charge in [0.2, 0.25) is 0 Å². The quantitative estimate of drug-likeness (QED) is 0.361. The highest BCUT2D eigenvalue weighted by Crippen LogP contribution is 2.48. The first-order chi connectivity index (χ1) is 15.2. The molecule has 0 N–H and O–H groups in total. The van der Waals surface area contributed by atoms with Gasteiger partial charge in [0, 0.05) is 16.0 Å². The molecule has 2 aliphatic carbocycles. The van der Waals surface area contributed by atoms with Gasteiger partial charge >= 0.3 is 0 Å². The zero-order valence-corrected chi connectivity index (χ0v) is 18.6. The highest BCUT2D eigenvalue weighted by molar-refractivity contribution is 7.19.